The SMILES string of the molecule is O=C(c1ccc(Cn2ccccc2=O)o1)N1CCN(Cc2c(F)cccc2Cl)CC1. The molecule has 0 radical (unpaired) electrons. The molecule has 8 heteroatoms. The molecule has 0 atom stereocenters. The Kier molecular flexibility index (Phi) is 6.01. The molecular weight excluding hydrogens is 409 g/mol. The minimum absolute atomic E-state index is 0.132. The molecule has 0 spiro atoms. The summed E-state index contributed by atoms with van der Waals surface area (Å²) in [7, 11) is 0. The fourth-order valence-electron chi connectivity index (χ4n) is 3.51. The predicted molar refractivity (Wildman–Crippen MR) is 111 cm³/mol. The lowest BCUT2D eigenvalue weighted by atomic mass is 10.1. The molecule has 6 nitrogen and oxygen atoms in total. The first-order valence-electron chi connectivity index (χ1n) is 9.70. The molecule has 0 N–H and O–H groups in total. The molecule has 4 rings (SSSR count). The van der Waals surface area contributed by atoms with Crippen LogP contribution in [0.15, 0.2) is 63.9 Å². The molecule has 1 aliphatic heterocycles. The predicted octanol–water partition coefficient (Wildman–Crippen LogP) is 3.24. The van der Waals surface area contributed by atoms with Gasteiger partial charge in [0.15, 0.2) is 5.76 Å². The van der Waals surface area contributed by atoms with E-state index in [0.29, 0.717) is 49.1 Å². The van der Waals surface area contributed by atoms with Crippen LogP contribution in [0.2, 0.25) is 5.02 Å². The second kappa shape index (κ2) is 8.85. The first kappa shape index (κ1) is 20.4. The highest BCUT2D eigenvalue weighted by molar-refractivity contribution is 6.31. The number of amides is 1. The van der Waals surface area contributed by atoms with Gasteiger partial charge in [0.25, 0.3) is 11.5 Å². The van der Waals surface area contributed by atoms with Crippen molar-refractivity contribution >= 4 is 17.5 Å². The Morgan fingerprint density at radius 3 is 2.53 bits per heavy atom. The third kappa shape index (κ3) is 4.47. The number of rotatable bonds is 5. The summed E-state index contributed by atoms with van der Waals surface area (Å²) < 4.78 is 21.2. The summed E-state index contributed by atoms with van der Waals surface area (Å²) in [5, 5.41) is 0.411. The number of hydrogen-bond donors (Lipinski definition) is 0. The lowest BCUT2D eigenvalue weighted by molar-refractivity contribution is 0.0594. The number of benzene rings is 1. The van der Waals surface area contributed by atoms with Gasteiger partial charge in [0, 0.05) is 55.6 Å². The van der Waals surface area contributed by atoms with Crippen molar-refractivity contribution in [1.29, 1.82) is 0 Å². The minimum atomic E-state index is -0.318. The summed E-state index contributed by atoms with van der Waals surface area (Å²) in [6.45, 7) is 2.93. The molecule has 2 aromatic heterocycles. The molecule has 30 heavy (non-hydrogen) atoms. The van der Waals surface area contributed by atoms with Crippen LogP contribution in [0.25, 0.3) is 0 Å². The standard InChI is InChI=1S/C22H21ClFN3O3/c23-18-4-3-5-19(24)17(18)15-25-10-12-26(13-11-25)22(29)20-8-7-16(30-20)14-27-9-2-1-6-21(27)28/h1-9H,10-15H2. The highest BCUT2D eigenvalue weighted by Crippen LogP contribution is 2.22. The van der Waals surface area contributed by atoms with Crippen LogP contribution >= 0.6 is 11.6 Å². The Morgan fingerprint density at radius 1 is 1.00 bits per heavy atom. The van der Waals surface area contributed by atoms with Gasteiger partial charge in [-0.25, -0.2) is 4.39 Å². The van der Waals surface area contributed by atoms with E-state index in [0.717, 1.165) is 0 Å². The van der Waals surface area contributed by atoms with Gasteiger partial charge in [-0.2, -0.15) is 0 Å². The van der Waals surface area contributed by atoms with Gasteiger partial charge >= 0.3 is 0 Å². The number of furan rings is 1. The van der Waals surface area contributed by atoms with Gasteiger partial charge in [-0.05, 0) is 30.3 Å². The van der Waals surface area contributed by atoms with Gasteiger partial charge in [-0.3, -0.25) is 14.5 Å². The third-order valence-corrected chi connectivity index (χ3v) is 5.55. The molecule has 0 saturated carbocycles. The normalized spacial score (nSPS) is 14.8. The van der Waals surface area contributed by atoms with Crippen molar-refractivity contribution in [1.82, 2.24) is 14.4 Å². The average Bonchev–Trinajstić information content (AvgIpc) is 3.21. The fourth-order valence-corrected chi connectivity index (χ4v) is 3.73. The smallest absolute Gasteiger partial charge is 0.289 e. The second-order valence-corrected chi connectivity index (χ2v) is 7.61. The topological polar surface area (TPSA) is 58.7 Å². The third-order valence-electron chi connectivity index (χ3n) is 5.20. The molecule has 0 unspecified atom stereocenters. The Morgan fingerprint density at radius 2 is 1.80 bits per heavy atom. The molecule has 156 valence electrons. The second-order valence-electron chi connectivity index (χ2n) is 7.20. The Labute approximate surface area is 178 Å². The van der Waals surface area contributed by atoms with Crippen LogP contribution in [-0.4, -0.2) is 46.5 Å². The first-order valence-corrected chi connectivity index (χ1v) is 10.1. The van der Waals surface area contributed by atoms with Crippen LogP contribution in [-0.2, 0) is 13.1 Å². The maximum atomic E-state index is 14.0. The Bertz CT molecular complexity index is 1080. The van der Waals surface area contributed by atoms with Gasteiger partial charge < -0.3 is 13.9 Å². The van der Waals surface area contributed by atoms with E-state index in [1.165, 1.54) is 16.7 Å². The van der Waals surface area contributed by atoms with Crippen molar-refractivity contribution in [2.24, 2.45) is 0 Å². The largest absolute Gasteiger partial charge is 0.454 e. The molecule has 1 fully saturated rings. The van der Waals surface area contributed by atoms with E-state index in [-0.39, 0.29) is 29.6 Å². The number of pyridine rings is 1. The van der Waals surface area contributed by atoms with E-state index in [4.69, 9.17) is 16.0 Å². The van der Waals surface area contributed by atoms with E-state index in [2.05, 4.69) is 4.90 Å². The molecule has 1 saturated heterocycles. The number of hydrogen-bond acceptors (Lipinski definition) is 4. The zero-order valence-corrected chi connectivity index (χ0v) is 17.0. The van der Waals surface area contributed by atoms with Crippen molar-refractivity contribution in [3.8, 4) is 0 Å². The number of halogens is 2. The Balaban J connectivity index is 1.35. The van der Waals surface area contributed by atoms with Gasteiger partial charge in [-0.1, -0.05) is 23.7 Å². The van der Waals surface area contributed by atoms with Crippen LogP contribution in [0.3, 0.4) is 0 Å². The van der Waals surface area contributed by atoms with Crippen LogP contribution in [0.4, 0.5) is 4.39 Å². The lowest BCUT2D eigenvalue weighted by Gasteiger charge is -2.34. The maximum Gasteiger partial charge on any atom is 0.289 e. The van der Waals surface area contributed by atoms with Crippen LogP contribution < -0.4 is 5.56 Å². The Hall–Kier alpha value is -2.90. The summed E-state index contributed by atoms with van der Waals surface area (Å²) in [5.74, 6) is 0.283. The molecule has 0 aliphatic carbocycles. The number of piperazine rings is 1. The number of nitrogens with zero attached hydrogens (tertiary/aromatic N) is 3. The molecule has 3 aromatic rings. The van der Waals surface area contributed by atoms with Crippen molar-refractivity contribution in [2.75, 3.05) is 26.2 Å². The quantitative estimate of drug-likeness (QED) is 0.624. The zero-order chi connectivity index (χ0) is 21.1. The highest BCUT2D eigenvalue weighted by Gasteiger charge is 2.25. The zero-order valence-electron chi connectivity index (χ0n) is 16.3. The monoisotopic (exact) mass is 429 g/mol. The number of carbonyl (C=O) groups excluding carboxylic acids is 1. The average molecular weight is 430 g/mol. The summed E-state index contributed by atoms with van der Waals surface area (Å²) >= 11 is 6.11. The van der Waals surface area contributed by atoms with Crippen LogP contribution in [0.1, 0.15) is 21.9 Å². The summed E-state index contributed by atoms with van der Waals surface area (Å²) in [4.78, 5) is 28.4. The lowest BCUT2D eigenvalue weighted by Crippen LogP contribution is -2.48. The summed E-state index contributed by atoms with van der Waals surface area (Å²) in [5.41, 5.74) is 0.346. The summed E-state index contributed by atoms with van der Waals surface area (Å²) in [6.07, 6.45) is 1.67. The molecule has 1 amide bonds. The maximum absolute atomic E-state index is 14.0. The van der Waals surface area contributed by atoms with Crippen LogP contribution in [0.5, 0.6) is 0 Å². The van der Waals surface area contributed by atoms with E-state index in [1.807, 2.05) is 0 Å². The van der Waals surface area contributed by atoms with E-state index < -0.39 is 0 Å². The van der Waals surface area contributed by atoms with E-state index in [9.17, 15) is 14.0 Å². The van der Waals surface area contributed by atoms with Crippen molar-refractivity contribution < 1.29 is 13.6 Å². The molecular formula is C22H21ClFN3O3. The molecule has 1 aromatic carbocycles. The fraction of sp³-hybridized carbons (Fsp3) is 0.273. The van der Waals surface area contributed by atoms with Gasteiger partial charge in [-0.15, -0.1) is 0 Å². The number of carbonyl (C=O) groups is 1. The van der Waals surface area contributed by atoms with Gasteiger partial charge in [0.2, 0.25) is 0 Å². The van der Waals surface area contributed by atoms with Crippen molar-refractivity contribution in [3.63, 3.8) is 0 Å². The van der Waals surface area contributed by atoms with E-state index in [1.54, 1.807) is 47.5 Å². The van der Waals surface area contributed by atoms with Gasteiger partial charge in [0.1, 0.15) is 11.6 Å². The highest BCUT2D eigenvalue weighted by atomic mass is 35.5. The van der Waals surface area contributed by atoms with Crippen LogP contribution in [0, 0.1) is 5.82 Å². The molecule has 3 heterocycles. The van der Waals surface area contributed by atoms with Gasteiger partial charge in [0.05, 0.1) is 6.54 Å². The number of aromatic nitrogens is 1. The van der Waals surface area contributed by atoms with E-state index >= 15 is 0 Å². The summed E-state index contributed by atoms with van der Waals surface area (Å²) in [6, 6.07) is 12.9. The van der Waals surface area contributed by atoms with Crippen molar-refractivity contribution in [2.45, 2.75) is 13.1 Å². The van der Waals surface area contributed by atoms with Crippen molar-refractivity contribution in [3.05, 3.63) is 93.0 Å². The molecule has 0 bridgehead atoms. The molecule has 1 aliphatic rings. The minimum Gasteiger partial charge on any atom is -0.454 e. The first-order chi connectivity index (χ1) is 14.5.